The fourth-order valence-corrected chi connectivity index (χ4v) is 3.46. The predicted octanol–water partition coefficient (Wildman–Crippen LogP) is 6.25. The maximum Gasteiger partial charge on any atom is 0.354 e. The minimum absolute atomic E-state index is 0.0803. The van der Waals surface area contributed by atoms with E-state index < -0.39 is 5.97 Å². The number of benzene rings is 3. The Bertz CT molecular complexity index is 1270. The van der Waals surface area contributed by atoms with Crippen LogP contribution in [0.2, 0.25) is 10.0 Å². The number of rotatable bonds is 8. The van der Waals surface area contributed by atoms with Crippen molar-refractivity contribution >= 4 is 29.2 Å². The number of hydrogen-bond acceptors (Lipinski definition) is 4. The van der Waals surface area contributed by atoms with Gasteiger partial charge in [0.05, 0.1) is 5.69 Å². The van der Waals surface area contributed by atoms with Gasteiger partial charge in [-0.25, -0.2) is 4.79 Å². The Balaban J connectivity index is 1.61. The van der Waals surface area contributed by atoms with Crippen molar-refractivity contribution in [1.82, 2.24) is 9.78 Å². The molecule has 3 aromatic carbocycles. The summed E-state index contributed by atoms with van der Waals surface area (Å²) < 4.78 is 13.4. The molecule has 0 aliphatic carbocycles. The molecule has 0 unspecified atom stereocenters. The first-order valence-electron chi connectivity index (χ1n) is 10.1. The third-order valence-electron chi connectivity index (χ3n) is 4.95. The normalized spacial score (nSPS) is 10.8. The van der Waals surface area contributed by atoms with Gasteiger partial charge in [-0.2, -0.15) is 5.10 Å². The monoisotopic (exact) mass is 482 g/mol. The van der Waals surface area contributed by atoms with E-state index in [2.05, 4.69) is 5.10 Å². The van der Waals surface area contributed by atoms with Gasteiger partial charge in [-0.05, 0) is 53.6 Å². The summed E-state index contributed by atoms with van der Waals surface area (Å²) in [5.74, 6) is 0.0746. The third kappa shape index (κ3) is 5.66. The summed E-state index contributed by atoms with van der Waals surface area (Å²) >= 11 is 11.9. The van der Waals surface area contributed by atoms with Crippen molar-refractivity contribution in [2.24, 2.45) is 7.05 Å². The van der Waals surface area contributed by atoms with Crippen molar-refractivity contribution in [2.75, 3.05) is 0 Å². The lowest BCUT2D eigenvalue weighted by atomic mass is 10.1. The summed E-state index contributed by atoms with van der Waals surface area (Å²) in [4.78, 5) is 11.5. The average Bonchev–Trinajstić information content (AvgIpc) is 3.20. The Kier molecular flexibility index (Phi) is 6.87. The SMILES string of the molecule is Cn1nc(-c2ccc(OCc3ccc(Cl)cc3)cc2OCc2ccc(Cl)cc2)cc1C(=O)O. The Morgan fingerprint density at radius 2 is 1.45 bits per heavy atom. The first-order chi connectivity index (χ1) is 15.9. The van der Waals surface area contributed by atoms with Gasteiger partial charge in [0.1, 0.15) is 30.4 Å². The van der Waals surface area contributed by atoms with Crippen molar-refractivity contribution in [1.29, 1.82) is 0 Å². The van der Waals surface area contributed by atoms with Gasteiger partial charge in [0.2, 0.25) is 0 Å². The van der Waals surface area contributed by atoms with Gasteiger partial charge in [-0.15, -0.1) is 0 Å². The number of carboxylic acid groups (broad SMARTS) is 1. The molecule has 6 nitrogen and oxygen atoms in total. The molecule has 0 radical (unpaired) electrons. The average molecular weight is 483 g/mol. The molecule has 0 saturated carbocycles. The van der Waals surface area contributed by atoms with Crippen LogP contribution in [0.4, 0.5) is 0 Å². The van der Waals surface area contributed by atoms with Gasteiger partial charge >= 0.3 is 5.97 Å². The number of hydrogen-bond donors (Lipinski definition) is 1. The van der Waals surface area contributed by atoms with Crippen LogP contribution in [-0.2, 0) is 20.3 Å². The van der Waals surface area contributed by atoms with E-state index in [-0.39, 0.29) is 5.69 Å². The van der Waals surface area contributed by atoms with E-state index in [1.807, 2.05) is 42.5 Å². The van der Waals surface area contributed by atoms with E-state index in [4.69, 9.17) is 32.7 Å². The number of aromatic carboxylic acids is 1. The number of carboxylic acids is 1. The van der Waals surface area contributed by atoms with Crippen molar-refractivity contribution in [2.45, 2.75) is 13.2 Å². The Labute approximate surface area is 200 Å². The van der Waals surface area contributed by atoms with Crippen molar-refractivity contribution in [3.8, 4) is 22.8 Å². The molecule has 0 spiro atoms. The van der Waals surface area contributed by atoms with E-state index in [0.29, 0.717) is 46.0 Å². The zero-order valence-corrected chi connectivity index (χ0v) is 19.2. The second kappa shape index (κ2) is 9.98. The van der Waals surface area contributed by atoms with Gasteiger partial charge in [-0.3, -0.25) is 4.68 Å². The number of ether oxygens (including phenoxy) is 2. The largest absolute Gasteiger partial charge is 0.489 e. The Hall–Kier alpha value is -3.48. The van der Waals surface area contributed by atoms with Crippen molar-refractivity contribution < 1.29 is 19.4 Å². The van der Waals surface area contributed by atoms with E-state index >= 15 is 0 Å². The molecular formula is C25H20Cl2N2O4. The first kappa shape index (κ1) is 22.7. The summed E-state index contributed by atoms with van der Waals surface area (Å²) in [6.07, 6.45) is 0. The van der Waals surface area contributed by atoms with Gasteiger partial charge in [0.25, 0.3) is 0 Å². The topological polar surface area (TPSA) is 73.6 Å². The summed E-state index contributed by atoms with van der Waals surface area (Å²) in [6.45, 7) is 0.656. The highest BCUT2D eigenvalue weighted by atomic mass is 35.5. The van der Waals surface area contributed by atoms with Gasteiger partial charge in [-0.1, -0.05) is 47.5 Å². The number of nitrogens with zero attached hydrogens (tertiary/aromatic N) is 2. The number of carbonyl (C=O) groups is 1. The minimum atomic E-state index is -1.05. The molecule has 1 aromatic heterocycles. The van der Waals surface area contributed by atoms with Crippen molar-refractivity contribution in [3.05, 3.63) is 99.7 Å². The lowest BCUT2D eigenvalue weighted by molar-refractivity contribution is 0.0685. The molecule has 4 aromatic rings. The molecule has 33 heavy (non-hydrogen) atoms. The summed E-state index contributed by atoms with van der Waals surface area (Å²) in [6, 6.07) is 21.7. The number of aryl methyl sites for hydroxylation is 1. The van der Waals surface area contributed by atoms with Crippen LogP contribution in [0.5, 0.6) is 11.5 Å². The maximum absolute atomic E-state index is 11.5. The second-order valence-corrected chi connectivity index (χ2v) is 8.20. The molecule has 0 aliphatic heterocycles. The highest BCUT2D eigenvalue weighted by Crippen LogP contribution is 2.34. The lowest BCUT2D eigenvalue weighted by Gasteiger charge is -2.13. The Morgan fingerprint density at radius 3 is 2.00 bits per heavy atom. The molecule has 4 rings (SSSR count). The summed E-state index contributed by atoms with van der Waals surface area (Å²) in [7, 11) is 1.59. The molecule has 8 heteroatoms. The minimum Gasteiger partial charge on any atom is -0.489 e. The molecule has 0 bridgehead atoms. The molecule has 0 saturated heterocycles. The second-order valence-electron chi connectivity index (χ2n) is 7.33. The zero-order chi connectivity index (χ0) is 23.4. The summed E-state index contributed by atoms with van der Waals surface area (Å²) in [5, 5.41) is 15.0. The number of aromatic nitrogens is 2. The zero-order valence-electron chi connectivity index (χ0n) is 17.7. The van der Waals surface area contributed by atoms with Crippen molar-refractivity contribution in [3.63, 3.8) is 0 Å². The number of halogens is 2. The molecule has 0 atom stereocenters. The molecule has 0 amide bonds. The highest BCUT2D eigenvalue weighted by Gasteiger charge is 2.17. The summed E-state index contributed by atoms with van der Waals surface area (Å²) in [5.41, 5.74) is 3.14. The molecule has 1 N–H and O–H groups in total. The van der Waals surface area contributed by atoms with E-state index in [9.17, 15) is 9.90 Å². The van der Waals surface area contributed by atoms with Crippen LogP contribution >= 0.6 is 23.2 Å². The van der Waals surface area contributed by atoms with Gasteiger partial charge < -0.3 is 14.6 Å². The molecular weight excluding hydrogens is 463 g/mol. The fourth-order valence-electron chi connectivity index (χ4n) is 3.21. The van der Waals surface area contributed by atoms with Gasteiger partial charge in [0.15, 0.2) is 0 Å². The molecule has 1 heterocycles. The standard InChI is InChI=1S/C25H20Cl2N2O4/c1-29-23(25(30)31)13-22(28-29)21-11-10-20(32-14-16-2-6-18(26)7-3-16)12-24(21)33-15-17-4-8-19(27)9-5-17/h2-13H,14-15H2,1H3,(H,30,31). The van der Waals surface area contributed by atoms with Crippen LogP contribution < -0.4 is 9.47 Å². The van der Waals surface area contributed by atoms with Crippen LogP contribution in [0, 0.1) is 0 Å². The fraction of sp³-hybridized carbons (Fsp3) is 0.120. The third-order valence-corrected chi connectivity index (χ3v) is 5.46. The van der Waals surface area contributed by atoms with Crippen LogP contribution in [-0.4, -0.2) is 20.9 Å². The van der Waals surface area contributed by atoms with Crippen LogP contribution in [0.1, 0.15) is 21.6 Å². The van der Waals surface area contributed by atoms with Crippen LogP contribution in [0.25, 0.3) is 11.3 Å². The van der Waals surface area contributed by atoms with Crippen LogP contribution in [0.15, 0.2) is 72.8 Å². The van der Waals surface area contributed by atoms with E-state index in [0.717, 1.165) is 11.1 Å². The van der Waals surface area contributed by atoms with Crippen LogP contribution in [0.3, 0.4) is 0 Å². The van der Waals surface area contributed by atoms with E-state index in [1.165, 1.54) is 10.7 Å². The Morgan fingerprint density at radius 1 is 0.879 bits per heavy atom. The smallest absolute Gasteiger partial charge is 0.354 e. The predicted molar refractivity (Wildman–Crippen MR) is 127 cm³/mol. The lowest BCUT2D eigenvalue weighted by Crippen LogP contribution is -2.04. The maximum atomic E-state index is 11.5. The van der Waals surface area contributed by atoms with E-state index in [1.54, 1.807) is 31.3 Å². The highest BCUT2D eigenvalue weighted by molar-refractivity contribution is 6.30. The molecule has 0 aliphatic rings. The quantitative estimate of drug-likeness (QED) is 0.321. The molecule has 0 fully saturated rings. The first-order valence-corrected chi connectivity index (χ1v) is 10.8. The molecule has 168 valence electrons. The van der Waals surface area contributed by atoms with Gasteiger partial charge in [0, 0.05) is 28.7 Å².